The Labute approximate surface area is 113 Å². The van der Waals surface area contributed by atoms with Crippen molar-refractivity contribution in [2.45, 2.75) is 5.16 Å². The summed E-state index contributed by atoms with van der Waals surface area (Å²) in [5, 5.41) is 22.9. The van der Waals surface area contributed by atoms with Gasteiger partial charge in [-0.05, 0) is 34.7 Å². The van der Waals surface area contributed by atoms with Crippen molar-refractivity contribution in [1.29, 1.82) is 5.26 Å². The molecule has 1 heterocycles. The normalized spacial score (nSPS) is 9.89. The van der Waals surface area contributed by atoms with Crippen molar-refractivity contribution in [3.05, 3.63) is 29.8 Å². The summed E-state index contributed by atoms with van der Waals surface area (Å²) >= 11 is 1.25. The topological polar surface area (TPSA) is 96.5 Å². The molecule has 2 aromatic rings. The molecule has 0 fully saturated rings. The van der Waals surface area contributed by atoms with Gasteiger partial charge in [-0.2, -0.15) is 5.26 Å². The van der Waals surface area contributed by atoms with Crippen molar-refractivity contribution >= 4 is 23.4 Å². The van der Waals surface area contributed by atoms with Crippen LogP contribution in [0.2, 0.25) is 0 Å². The maximum Gasteiger partial charge on any atom is 0.234 e. The Kier molecular flexibility index (Phi) is 4.10. The molecule has 8 heteroatoms. The maximum absolute atomic E-state index is 11.7. The summed E-state index contributed by atoms with van der Waals surface area (Å²) in [7, 11) is 1.71. The van der Waals surface area contributed by atoms with E-state index in [0.717, 1.165) is 0 Å². The molecule has 1 aromatic carbocycles. The second-order valence-corrected chi connectivity index (χ2v) is 4.55. The van der Waals surface area contributed by atoms with E-state index in [1.165, 1.54) is 16.4 Å². The van der Waals surface area contributed by atoms with Crippen LogP contribution < -0.4 is 5.32 Å². The van der Waals surface area contributed by atoms with Crippen LogP contribution >= 0.6 is 11.8 Å². The van der Waals surface area contributed by atoms with Crippen LogP contribution in [-0.4, -0.2) is 31.9 Å². The molecule has 1 amide bonds. The Hall–Kier alpha value is -2.40. The standard InChI is InChI=1S/C11H10N6OS/c1-17-11(14-15-16-17)19-7-10(18)13-9-4-2-8(6-12)3-5-9/h2-5H,7H2,1H3,(H,13,18). The highest BCUT2D eigenvalue weighted by atomic mass is 32.2. The number of rotatable bonds is 4. The fourth-order valence-corrected chi connectivity index (χ4v) is 1.95. The van der Waals surface area contributed by atoms with Gasteiger partial charge in [0.05, 0.1) is 17.4 Å². The molecular weight excluding hydrogens is 264 g/mol. The summed E-state index contributed by atoms with van der Waals surface area (Å²) < 4.78 is 1.50. The first-order valence-electron chi connectivity index (χ1n) is 5.34. The van der Waals surface area contributed by atoms with Crippen LogP contribution in [0.25, 0.3) is 0 Å². The SMILES string of the molecule is Cn1nnnc1SCC(=O)Nc1ccc(C#N)cc1. The van der Waals surface area contributed by atoms with E-state index < -0.39 is 0 Å². The van der Waals surface area contributed by atoms with E-state index in [1.54, 1.807) is 31.3 Å². The molecule has 0 aliphatic carbocycles. The fourth-order valence-electron chi connectivity index (χ4n) is 1.30. The third kappa shape index (κ3) is 3.53. The summed E-state index contributed by atoms with van der Waals surface area (Å²) in [6, 6.07) is 8.68. The van der Waals surface area contributed by atoms with Gasteiger partial charge in [0.15, 0.2) is 0 Å². The number of aromatic nitrogens is 4. The molecule has 0 radical (unpaired) electrons. The van der Waals surface area contributed by atoms with Gasteiger partial charge >= 0.3 is 0 Å². The molecule has 0 unspecified atom stereocenters. The molecule has 0 saturated carbocycles. The predicted octanol–water partition coefficient (Wildman–Crippen LogP) is 0.813. The van der Waals surface area contributed by atoms with Crippen molar-refractivity contribution in [2.75, 3.05) is 11.1 Å². The number of carbonyl (C=O) groups excluding carboxylic acids is 1. The molecular formula is C11H10N6OS. The van der Waals surface area contributed by atoms with Gasteiger partial charge in [0.2, 0.25) is 11.1 Å². The molecule has 1 aromatic heterocycles. The summed E-state index contributed by atoms with van der Waals surface area (Å²) in [6.07, 6.45) is 0. The van der Waals surface area contributed by atoms with Crippen molar-refractivity contribution < 1.29 is 4.79 Å². The smallest absolute Gasteiger partial charge is 0.234 e. The monoisotopic (exact) mass is 274 g/mol. The van der Waals surface area contributed by atoms with E-state index in [-0.39, 0.29) is 11.7 Å². The molecule has 0 aliphatic rings. The summed E-state index contributed by atoms with van der Waals surface area (Å²) in [5.74, 6) is 0.0616. The van der Waals surface area contributed by atoms with Crippen molar-refractivity contribution in [3.63, 3.8) is 0 Å². The van der Waals surface area contributed by atoms with E-state index in [2.05, 4.69) is 20.8 Å². The van der Waals surface area contributed by atoms with E-state index in [9.17, 15) is 4.79 Å². The first-order valence-corrected chi connectivity index (χ1v) is 6.33. The van der Waals surface area contributed by atoms with E-state index in [1.807, 2.05) is 6.07 Å². The highest BCUT2D eigenvalue weighted by molar-refractivity contribution is 7.99. The zero-order valence-corrected chi connectivity index (χ0v) is 10.9. The minimum atomic E-state index is -0.155. The van der Waals surface area contributed by atoms with Crippen LogP contribution in [0, 0.1) is 11.3 Å². The molecule has 19 heavy (non-hydrogen) atoms. The van der Waals surface area contributed by atoms with Gasteiger partial charge in [-0.25, -0.2) is 4.68 Å². The van der Waals surface area contributed by atoms with Crippen molar-refractivity contribution in [2.24, 2.45) is 7.05 Å². The van der Waals surface area contributed by atoms with Crippen molar-refractivity contribution in [3.8, 4) is 6.07 Å². The highest BCUT2D eigenvalue weighted by Gasteiger charge is 2.07. The van der Waals surface area contributed by atoms with E-state index in [0.29, 0.717) is 16.4 Å². The lowest BCUT2D eigenvalue weighted by Gasteiger charge is -2.04. The third-order valence-corrected chi connectivity index (χ3v) is 3.22. The molecule has 0 saturated heterocycles. The zero-order chi connectivity index (χ0) is 13.7. The quantitative estimate of drug-likeness (QED) is 0.829. The fraction of sp³-hybridized carbons (Fsp3) is 0.182. The number of thioether (sulfide) groups is 1. The van der Waals surface area contributed by atoms with Crippen LogP contribution in [0.4, 0.5) is 5.69 Å². The predicted molar refractivity (Wildman–Crippen MR) is 69.3 cm³/mol. The molecule has 2 rings (SSSR count). The average Bonchev–Trinajstić information content (AvgIpc) is 2.83. The minimum absolute atomic E-state index is 0.155. The number of carbonyl (C=O) groups is 1. The molecule has 0 spiro atoms. The molecule has 0 bridgehead atoms. The van der Waals surface area contributed by atoms with Gasteiger partial charge in [0.25, 0.3) is 0 Å². The number of nitriles is 1. The number of nitrogens with one attached hydrogen (secondary N) is 1. The Bertz CT molecular complexity index is 615. The number of benzene rings is 1. The van der Waals surface area contributed by atoms with Gasteiger partial charge in [-0.1, -0.05) is 11.8 Å². The number of hydrogen-bond acceptors (Lipinski definition) is 6. The van der Waals surface area contributed by atoms with E-state index in [4.69, 9.17) is 5.26 Å². The summed E-state index contributed by atoms with van der Waals surface area (Å²) in [6.45, 7) is 0. The lowest BCUT2D eigenvalue weighted by Crippen LogP contribution is -2.14. The number of aryl methyl sites for hydroxylation is 1. The third-order valence-electron chi connectivity index (χ3n) is 2.21. The number of amides is 1. The number of nitrogens with zero attached hydrogens (tertiary/aromatic N) is 5. The highest BCUT2D eigenvalue weighted by Crippen LogP contribution is 2.14. The maximum atomic E-state index is 11.7. The zero-order valence-electron chi connectivity index (χ0n) is 10.1. The van der Waals surface area contributed by atoms with Crippen LogP contribution in [-0.2, 0) is 11.8 Å². The van der Waals surface area contributed by atoms with Gasteiger partial charge in [-0.15, -0.1) is 5.10 Å². The molecule has 0 atom stereocenters. The summed E-state index contributed by atoms with van der Waals surface area (Å²) in [4.78, 5) is 11.7. The molecule has 0 aliphatic heterocycles. The Balaban J connectivity index is 1.87. The lowest BCUT2D eigenvalue weighted by molar-refractivity contribution is -0.113. The van der Waals surface area contributed by atoms with Crippen LogP contribution in [0.5, 0.6) is 0 Å². The number of tetrazole rings is 1. The number of anilines is 1. The van der Waals surface area contributed by atoms with Crippen LogP contribution in [0.3, 0.4) is 0 Å². The van der Waals surface area contributed by atoms with Crippen LogP contribution in [0.1, 0.15) is 5.56 Å². The average molecular weight is 274 g/mol. The van der Waals surface area contributed by atoms with Gasteiger partial charge in [-0.3, -0.25) is 4.79 Å². The first-order chi connectivity index (χ1) is 9.19. The second kappa shape index (κ2) is 5.97. The van der Waals surface area contributed by atoms with Crippen LogP contribution in [0.15, 0.2) is 29.4 Å². The van der Waals surface area contributed by atoms with E-state index >= 15 is 0 Å². The summed E-state index contributed by atoms with van der Waals surface area (Å²) in [5.41, 5.74) is 1.21. The minimum Gasteiger partial charge on any atom is -0.325 e. The molecule has 96 valence electrons. The first kappa shape index (κ1) is 13.0. The number of hydrogen-bond donors (Lipinski definition) is 1. The Morgan fingerprint density at radius 3 is 2.79 bits per heavy atom. The molecule has 7 nitrogen and oxygen atoms in total. The van der Waals surface area contributed by atoms with Crippen molar-refractivity contribution in [1.82, 2.24) is 20.2 Å². The Morgan fingerprint density at radius 1 is 1.47 bits per heavy atom. The van der Waals surface area contributed by atoms with Gasteiger partial charge in [0.1, 0.15) is 0 Å². The van der Waals surface area contributed by atoms with Gasteiger partial charge < -0.3 is 5.32 Å². The largest absolute Gasteiger partial charge is 0.325 e. The molecule has 1 N–H and O–H groups in total. The van der Waals surface area contributed by atoms with Gasteiger partial charge in [0, 0.05) is 12.7 Å². The second-order valence-electron chi connectivity index (χ2n) is 3.61. The lowest BCUT2D eigenvalue weighted by atomic mass is 10.2. The Morgan fingerprint density at radius 2 is 2.21 bits per heavy atom.